The van der Waals surface area contributed by atoms with Crippen LogP contribution in [0.2, 0.25) is 5.02 Å². The van der Waals surface area contributed by atoms with Gasteiger partial charge in [-0.15, -0.1) is 0 Å². The predicted octanol–water partition coefficient (Wildman–Crippen LogP) is 1.28. The van der Waals surface area contributed by atoms with Gasteiger partial charge in [-0.3, -0.25) is 9.59 Å². The summed E-state index contributed by atoms with van der Waals surface area (Å²) in [5, 5.41) is 5.87. The van der Waals surface area contributed by atoms with Crippen LogP contribution in [-0.4, -0.2) is 31.5 Å². The van der Waals surface area contributed by atoms with E-state index in [9.17, 15) is 9.59 Å². The first-order valence-corrected chi connectivity index (χ1v) is 6.27. The fraction of sp³-hybridized carbons (Fsp3) is 0.385. The number of aryl methyl sites for hydroxylation is 1. The van der Waals surface area contributed by atoms with Crippen molar-refractivity contribution in [3.63, 3.8) is 0 Å². The minimum Gasteiger partial charge on any atom is -0.484 e. The third-order valence-corrected chi connectivity index (χ3v) is 2.74. The molecule has 0 fully saturated rings. The van der Waals surface area contributed by atoms with Crippen LogP contribution in [0.4, 0.5) is 0 Å². The second kappa shape index (κ2) is 7.63. The number of carbonyl (C=O) groups is 2. The van der Waals surface area contributed by atoms with Crippen molar-refractivity contribution in [3.8, 4) is 5.75 Å². The molecule has 1 aromatic rings. The van der Waals surface area contributed by atoms with Crippen LogP contribution >= 0.6 is 11.6 Å². The van der Waals surface area contributed by atoms with E-state index in [0.29, 0.717) is 23.9 Å². The molecule has 0 aromatic heterocycles. The van der Waals surface area contributed by atoms with Gasteiger partial charge in [0.15, 0.2) is 6.61 Å². The number of halogens is 1. The van der Waals surface area contributed by atoms with Gasteiger partial charge in [-0.1, -0.05) is 11.6 Å². The number of rotatable bonds is 6. The summed E-state index contributed by atoms with van der Waals surface area (Å²) >= 11 is 5.88. The van der Waals surface area contributed by atoms with Crippen LogP contribution in [0.3, 0.4) is 0 Å². The van der Waals surface area contributed by atoms with Crippen molar-refractivity contribution in [2.45, 2.75) is 13.8 Å². The van der Waals surface area contributed by atoms with Crippen LogP contribution in [0.25, 0.3) is 0 Å². The normalized spacial score (nSPS) is 9.84. The Balaban J connectivity index is 2.26. The maximum Gasteiger partial charge on any atom is 0.258 e. The van der Waals surface area contributed by atoms with E-state index in [2.05, 4.69) is 10.6 Å². The average Bonchev–Trinajstić information content (AvgIpc) is 2.36. The molecular formula is C13H17ClN2O3. The zero-order valence-corrected chi connectivity index (χ0v) is 11.7. The van der Waals surface area contributed by atoms with Gasteiger partial charge in [0.25, 0.3) is 5.91 Å². The van der Waals surface area contributed by atoms with Crippen molar-refractivity contribution < 1.29 is 14.3 Å². The van der Waals surface area contributed by atoms with Crippen molar-refractivity contribution in [2.24, 2.45) is 0 Å². The molecule has 2 N–H and O–H groups in total. The van der Waals surface area contributed by atoms with Gasteiger partial charge in [0, 0.05) is 25.0 Å². The first-order chi connectivity index (χ1) is 8.99. The molecule has 104 valence electrons. The summed E-state index contributed by atoms with van der Waals surface area (Å²) in [5.41, 5.74) is 0.894. The number of hydrogen-bond acceptors (Lipinski definition) is 3. The Labute approximate surface area is 117 Å². The Bertz CT molecular complexity index is 463. The van der Waals surface area contributed by atoms with Crippen molar-refractivity contribution in [3.05, 3.63) is 28.8 Å². The smallest absolute Gasteiger partial charge is 0.258 e. The molecule has 0 aliphatic rings. The van der Waals surface area contributed by atoms with E-state index < -0.39 is 0 Å². The van der Waals surface area contributed by atoms with Gasteiger partial charge in [0.2, 0.25) is 5.91 Å². The second-order valence-corrected chi connectivity index (χ2v) is 4.44. The van der Waals surface area contributed by atoms with Gasteiger partial charge in [-0.2, -0.15) is 0 Å². The fourth-order valence-corrected chi connectivity index (χ4v) is 1.46. The Morgan fingerprint density at radius 2 is 1.95 bits per heavy atom. The number of carbonyl (C=O) groups excluding carboxylic acids is 2. The molecule has 6 heteroatoms. The summed E-state index contributed by atoms with van der Waals surface area (Å²) in [4.78, 5) is 22.0. The molecular weight excluding hydrogens is 268 g/mol. The molecule has 0 aliphatic heterocycles. The van der Waals surface area contributed by atoms with Crippen LogP contribution in [0.15, 0.2) is 18.2 Å². The molecule has 0 aliphatic carbocycles. The van der Waals surface area contributed by atoms with Gasteiger partial charge in [-0.05, 0) is 30.7 Å². The summed E-state index contributed by atoms with van der Waals surface area (Å²) < 4.78 is 5.32. The molecule has 5 nitrogen and oxygen atoms in total. The van der Waals surface area contributed by atoms with Crippen LogP contribution in [0, 0.1) is 6.92 Å². The van der Waals surface area contributed by atoms with Gasteiger partial charge < -0.3 is 15.4 Å². The summed E-state index contributed by atoms with van der Waals surface area (Å²) in [6, 6.07) is 5.20. The maximum absolute atomic E-state index is 11.4. The Morgan fingerprint density at radius 1 is 1.26 bits per heavy atom. The topological polar surface area (TPSA) is 67.4 Å². The van der Waals surface area contributed by atoms with Crippen molar-refractivity contribution in [1.29, 1.82) is 0 Å². The molecule has 0 atom stereocenters. The molecule has 2 amide bonds. The Hall–Kier alpha value is -1.75. The number of nitrogens with one attached hydrogen (secondary N) is 2. The number of hydrogen-bond donors (Lipinski definition) is 2. The standard InChI is InChI=1S/C13H17ClN2O3/c1-9-7-11(3-4-12(9)14)19-8-13(18)16-6-5-15-10(2)17/h3-4,7H,5-6,8H2,1-2H3,(H,15,17)(H,16,18). The lowest BCUT2D eigenvalue weighted by molar-refractivity contribution is -0.123. The quantitative estimate of drug-likeness (QED) is 0.773. The lowest BCUT2D eigenvalue weighted by Gasteiger charge is -2.08. The summed E-state index contributed by atoms with van der Waals surface area (Å²) in [6.07, 6.45) is 0. The monoisotopic (exact) mass is 284 g/mol. The first-order valence-electron chi connectivity index (χ1n) is 5.89. The average molecular weight is 285 g/mol. The van der Waals surface area contributed by atoms with Crippen LogP contribution in [0.5, 0.6) is 5.75 Å². The molecule has 0 saturated carbocycles. The SMILES string of the molecule is CC(=O)NCCNC(=O)COc1ccc(Cl)c(C)c1. The number of ether oxygens (including phenoxy) is 1. The van der Waals surface area contributed by atoms with Gasteiger partial charge >= 0.3 is 0 Å². The Kier molecular flexibility index (Phi) is 6.15. The minimum atomic E-state index is -0.238. The van der Waals surface area contributed by atoms with Crippen LogP contribution < -0.4 is 15.4 Å². The van der Waals surface area contributed by atoms with Crippen molar-refractivity contribution >= 4 is 23.4 Å². The maximum atomic E-state index is 11.4. The highest BCUT2D eigenvalue weighted by Gasteiger charge is 2.03. The van der Waals surface area contributed by atoms with Crippen molar-refractivity contribution in [1.82, 2.24) is 10.6 Å². The molecule has 19 heavy (non-hydrogen) atoms. The van der Waals surface area contributed by atoms with E-state index in [4.69, 9.17) is 16.3 Å². The van der Waals surface area contributed by atoms with E-state index in [0.717, 1.165) is 5.56 Å². The third kappa shape index (κ3) is 6.10. The van der Waals surface area contributed by atoms with E-state index in [1.165, 1.54) is 6.92 Å². The minimum absolute atomic E-state index is 0.0683. The molecule has 0 unspecified atom stereocenters. The lowest BCUT2D eigenvalue weighted by atomic mass is 10.2. The highest BCUT2D eigenvalue weighted by Crippen LogP contribution is 2.20. The number of benzene rings is 1. The summed E-state index contributed by atoms with van der Waals surface area (Å²) in [5.74, 6) is 0.235. The molecule has 1 rings (SSSR count). The molecule has 0 spiro atoms. The van der Waals surface area contributed by atoms with Gasteiger partial charge in [-0.25, -0.2) is 0 Å². The second-order valence-electron chi connectivity index (χ2n) is 4.03. The van der Waals surface area contributed by atoms with E-state index >= 15 is 0 Å². The van der Waals surface area contributed by atoms with E-state index in [-0.39, 0.29) is 18.4 Å². The highest BCUT2D eigenvalue weighted by molar-refractivity contribution is 6.31. The van der Waals surface area contributed by atoms with E-state index in [1.807, 2.05) is 6.92 Å². The van der Waals surface area contributed by atoms with Crippen LogP contribution in [-0.2, 0) is 9.59 Å². The van der Waals surface area contributed by atoms with E-state index in [1.54, 1.807) is 18.2 Å². The third-order valence-electron chi connectivity index (χ3n) is 2.32. The summed E-state index contributed by atoms with van der Waals surface area (Å²) in [7, 11) is 0. The number of amides is 2. The van der Waals surface area contributed by atoms with Crippen molar-refractivity contribution in [2.75, 3.05) is 19.7 Å². The fourth-order valence-electron chi connectivity index (χ4n) is 1.35. The highest BCUT2D eigenvalue weighted by atomic mass is 35.5. The zero-order chi connectivity index (χ0) is 14.3. The zero-order valence-electron chi connectivity index (χ0n) is 11.0. The molecule has 0 bridgehead atoms. The lowest BCUT2D eigenvalue weighted by Crippen LogP contribution is -2.36. The van der Waals surface area contributed by atoms with Gasteiger partial charge in [0.05, 0.1) is 0 Å². The predicted molar refractivity (Wildman–Crippen MR) is 73.4 cm³/mol. The summed E-state index contributed by atoms with van der Waals surface area (Å²) in [6.45, 7) is 4.00. The molecule has 0 heterocycles. The first kappa shape index (κ1) is 15.3. The molecule has 1 aromatic carbocycles. The van der Waals surface area contributed by atoms with Crippen LogP contribution in [0.1, 0.15) is 12.5 Å². The van der Waals surface area contributed by atoms with Gasteiger partial charge in [0.1, 0.15) is 5.75 Å². The molecule has 0 saturated heterocycles. The Morgan fingerprint density at radius 3 is 2.58 bits per heavy atom. The molecule has 0 radical (unpaired) electrons. The largest absolute Gasteiger partial charge is 0.484 e.